The molecular weight excluding hydrogens is 324 g/mol. The lowest BCUT2D eigenvalue weighted by Gasteiger charge is -2.16. The number of carboxylic acid groups (broad SMARTS) is 1. The van der Waals surface area contributed by atoms with Gasteiger partial charge in [0.05, 0.1) is 11.6 Å². The number of primary sulfonamides is 1. The minimum Gasteiger partial charge on any atom is -0.481 e. The minimum absolute atomic E-state index is 0.345. The summed E-state index contributed by atoms with van der Waals surface area (Å²) in [5, 5.41) is 14.0. The number of benzene rings is 1. The summed E-state index contributed by atoms with van der Waals surface area (Å²) < 4.78 is 22.8. The molecule has 0 saturated carbocycles. The number of carboxylic acids is 1. The average molecular weight is 337 g/mol. The van der Waals surface area contributed by atoms with Gasteiger partial charge in [0.15, 0.2) is 0 Å². The number of hydrogen-bond donors (Lipinski definition) is 2. The third-order valence-corrected chi connectivity index (χ3v) is 6.40. The summed E-state index contributed by atoms with van der Waals surface area (Å²) >= 11 is 7.05. The van der Waals surface area contributed by atoms with Crippen molar-refractivity contribution >= 4 is 45.2 Å². The molecule has 1 aromatic rings. The van der Waals surface area contributed by atoms with Gasteiger partial charge < -0.3 is 5.11 Å². The Labute approximate surface area is 126 Å². The Kier molecular flexibility index (Phi) is 4.19. The molecule has 0 bridgehead atoms. The first kappa shape index (κ1) is 15.4. The predicted molar refractivity (Wildman–Crippen MR) is 78.0 cm³/mol. The molecule has 20 heavy (non-hydrogen) atoms. The van der Waals surface area contributed by atoms with E-state index in [1.165, 1.54) is 0 Å². The van der Waals surface area contributed by atoms with Crippen molar-refractivity contribution in [2.24, 2.45) is 11.1 Å². The van der Waals surface area contributed by atoms with Gasteiger partial charge in [-0.3, -0.25) is 9.21 Å². The van der Waals surface area contributed by atoms with Gasteiger partial charge in [-0.15, -0.1) is 0 Å². The Morgan fingerprint density at radius 3 is 2.80 bits per heavy atom. The zero-order chi connectivity index (χ0) is 15.1. The van der Waals surface area contributed by atoms with E-state index in [9.17, 15) is 13.2 Å². The quantitative estimate of drug-likeness (QED) is 0.810. The third-order valence-electron chi connectivity index (χ3n) is 2.91. The van der Waals surface area contributed by atoms with Gasteiger partial charge in [-0.2, -0.15) is 0 Å². The highest BCUT2D eigenvalue weighted by atomic mass is 35.5. The number of sulfonamides is 1. The van der Waals surface area contributed by atoms with Crippen LogP contribution < -0.4 is 9.56 Å². The lowest BCUT2D eigenvalue weighted by Crippen LogP contribution is -2.34. The molecule has 110 valence electrons. The normalized spacial score (nSPS) is 19.8. The molecule has 6 nitrogen and oxygen atoms in total. The number of aliphatic carboxylic acids is 1. The van der Waals surface area contributed by atoms with E-state index in [0.29, 0.717) is 17.0 Å². The summed E-state index contributed by atoms with van der Waals surface area (Å²) in [6.45, 7) is 1.61. The maximum Gasteiger partial charge on any atom is 0.306 e. The van der Waals surface area contributed by atoms with Crippen LogP contribution >= 0.6 is 23.5 Å². The molecular formula is C11H13ClN2O4S2. The smallest absolute Gasteiger partial charge is 0.306 e. The first-order chi connectivity index (χ1) is 9.20. The molecule has 0 amide bonds. The molecule has 0 saturated heterocycles. The van der Waals surface area contributed by atoms with Crippen LogP contribution in [0.3, 0.4) is 0 Å². The molecule has 0 radical (unpaired) electrons. The van der Waals surface area contributed by atoms with Crippen molar-refractivity contribution in [2.45, 2.75) is 22.9 Å². The fourth-order valence-electron chi connectivity index (χ4n) is 1.86. The molecule has 2 atom stereocenters. The van der Waals surface area contributed by atoms with E-state index in [2.05, 4.69) is 0 Å². The number of rotatable bonds is 4. The van der Waals surface area contributed by atoms with Crippen molar-refractivity contribution in [3.63, 3.8) is 0 Å². The van der Waals surface area contributed by atoms with Crippen molar-refractivity contribution in [3.05, 3.63) is 23.8 Å². The van der Waals surface area contributed by atoms with E-state index in [4.69, 9.17) is 22.0 Å². The highest BCUT2D eigenvalue weighted by Crippen LogP contribution is 2.46. The second-order valence-electron chi connectivity index (χ2n) is 4.57. The fourth-order valence-corrected chi connectivity index (χ4v) is 4.57. The molecule has 1 aliphatic heterocycles. The van der Waals surface area contributed by atoms with E-state index >= 15 is 0 Å². The van der Waals surface area contributed by atoms with Gasteiger partial charge in [-0.05, 0) is 24.1 Å². The van der Waals surface area contributed by atoms with Gasteiger partial charge >= 0.3 is 5.97 Å². The minimum atomic E-state index is -3.81. The number of fused-ring (bicyclic) bond motifs is 1. The summed E-state index contributed by atoms with van der Waals surface area (Å²) in [4.78, 5) is 11.5. The van der Waals surface area contributed by atoms with E-state index in [0.717, 1.165) is 21.7 Å². The molecule has 1 aromatic carbocycles. The van der Waals surface area contributed by atoms with Gasteiger partial charge in [0, 0.05) is 16.7 Å². The number of hydrogen-bond acceptors (Lipinski definition) is 5. The number of nitrogens with zero attached hydrogens (tertiary/aromatic N) is 1. The first-order valence-corrected chi connectivity index (χ1v) is 8.52. The maximum atomic E-state index is 11.4. The van der Waals surface area contributed by atoms with Crippen molar-refractivity contribution in [1.29, 1.82) is 0 Å². The van der Waals surface area contributed by atoms with Gasteiger partial charge in [0.2, 0.25) is 14.7 Å². The van der Waals surface area contributed by atoms with Crippen molar-refractivity contribution < 1.29 is 18.3 Å². The van der Waals surface area contributed by atoms with Crippen LogP contribution in [-0.4, -0.2) is 24.2 Å². The number of nitrogens with two attached hydrogens (primary N) is 1. The van der Waals surface area contributed by atoms with Crippen molar-refractivity contribution in [1.82, 2.24) is 0 Å². The lowest BCUT2D eigenvalue weighted by molar-refractivity contribution is -0.141. The monoisotopic (exact) mass is 336 g/mol. The molecule has 2 rings (SSSR count). The SMILES string of the molecule is CC(Cc1ccc2c(c1)N(Cl)C(S(N)(=O)=O)S2)C(=O)O. The van der Waals surface area contributed by atoms with Crippen molar-refractivity contribution in [3.8, 4) is 0 Å². The van der Waals surface area contributed by atoms with E-state index in [1.54, 1.807) is 25.1 Å². The molecule has 0 aliphatic carbocycles. The zero-order valence-corrected chi connectivity index (χ0v) is 12.9. The van der Waals surface area contributed by atoms with Crippen LogP contribution in [0.2, 0.25) is 0 Å². The second-order valence-corrected chi connectivity index (χ2v) is 7.98. The number of halogens is 1. The van der Waals surface area contributed by atoms with Crippen molar-refractivity contribution in [2.75, 3.05) is 4.42 Å². The Bertz CT molecular complexity index is 650. The summed E-state index contributed by atoms with van der Waals surface area (Å²) in [6, 6.07) is 5.19. The van der Waals surface area contributed by atoms with Crippen LogP contribution in [0.25, 0.3) is 0 Å². The van der Waals surface area contributed by atoms with E-state index in [-0.39, 0.29) is 0 Å². The largest absolute Gasteiger partial charge is 0.481 e. The molecule has 1 aliphatic rings. The van der Waals surface area contributed by atoms with Crippen LogP contribution in [-0.2, 0) is 21.2 Å². The Hall–Kier alpha value is -0.960. The average Bonchev–Trinajstić information content (AvgIpc) is 2.66. The fraction of sp³-hybridized carbons (Fsp3) is 0.364. The molecule has 1 heterocycles. The molecule has 9 heteroatoms. The summed E-state index contributed by atoms with van der Waals surface area (Å²) in [5.74, 6) is -1.41. The van der Waals surface area contributed by atoms with E-state index in [1.807, 2.05) is 0 Å². The van der Waals surface area contributed by atoms with Gasteiger partial charge in [0.1, 0.15) is 0 Å². The third kappa shape index (κ3) is 3.03. The van der Waals surface area contributed by atoms with Gasteiger partial charge in [0.25, 0.3) is 0 Å². The molecule has 0 aromatic heterocycles. The molecule has 0 fully saturated rings. The number of carbonyl (C=O) groups is 1. The highest BCUT2D eigenvalue weighted by molar-refractivity contribution is 8.13. The van der Waals surface area contributed by atoms with Crippen LogP contribution in [0.1, 0.15) is 12.5 Å². The van der Waals surface area contributed by atoms with Crippen LogP contribution in [0.5, 0.6) is 0 Å². The van der Waals surface area contributed by atoms with Crippen LogP contribution in [0.4, 0.5) is 5.69 Å². The number of anilines is 1. The Morgan fingerprint density at radius 2 is 2.25 bits per heavy atom. The van der Waals surface area contributed by atoms with Crippen LogP contribution in [0.15, 0.2) is 23.1 Å². The topological polar surface area (TPSA) is 101 Å². The predicted octanol–water partition coefficient (Wildman–Crippen LogP) is 1.59. The van der Waals surface area contributed by atoms with Gasteiger partial charge in [-0.25, -0.2) is 13.6 Å². The first-order valence-electron chi connectivity index (χ1n) is 5.69. The summed E-state index contributed by atoms with van der Waals surface area (Å²) in [5.41, 5.74) is 1.31. The molecule has 0 spiro atoms. The highest BCUT2D eigenvalue weighted by Gasteiger charge is 2.37. The summed E-state index contributed by atoms with van der Waals surface area (Å²) in [7, 11) is -3.81. The molecule has 3 N–H and O–H groups in total. The summed E-state index contributed by atoms with van der Waals surface area (Å²) in [6.07, 6.45) is 0.345. The van der Waals surface area contributed by atoms with Crippen LogP contribution in [0, 0.1) is 5.92 Å². The van der Waals surface area contributed by atoms with E-state index < -0.39 is 26.6 Å². The standard InChI is InChI=1S/C11H13ClN2O4S2/c1-6(10(15)16)4-7-2-3-9-8(5-7)14(12)11(19-9)20(13,17)18/h2-3,5-6,11H,4H2,1H3,(H,15,16)(H2,13,17,18). The maximum absolute atomic E-state index is 11.4. The lowest BCUT2D eigenvalue weighted by atomic mass is 10.0. The second kappa shape index (κ2) is 5.44. The molecule has 2 unspecified atom stereocenters. The zero-order valence-electron chi connectivity index (χ0n) is 10.5. The number of thioether (sulfide) groups is 1. The Balaban J connectivity index is 2.27. The van der Waals surface area contributed by atoms with Gasteiger partial charge in [-0.1, -0.05) is 24.8 Å². The Morgan fingerprint density at radius 1 is 1.60 bits per heavy atom.